The molecule has 0 rings (SSSR count). The molecule has 0 atom stereocenters. The molecule has 0 aliphatic rings. The molecule has 0 N–H and O–H groups in total. The average Bonchev–Trinajstić information content (AvgIpc) is 2.60. The van der Waals surface area contributed by atoms with Gasteiger partial charge in [0.05, 0.1) is 0 Å². The molecule has 0 aliphatic heterocycles. The molecule has 0 spiro atoms. The lowest BCUT2D eigenvalue weighted by molar-refractivity contribution is 0.565. The van der Waals surface area contributed by atoms with Gasteiger partial charge in [-0.25, -0.2) is 0 Å². The van der Waals surface area contributed by atoms with Crippen LogP contribution in [0.4, 0.5) is 0 Å². The third kappa shape index (κ3) is 22.4. The van der Waals surface area contributed by atoms with E-state index in [1.54, 1.807) is 0 Å². The number of thioether (sulfide) groups is 1. The summed E-state index contributed by atoms with van der Waals surface area (Å²) in [4.78, 5) is 0. The van der Waals surface area contributed by atoms with Crippen LogP contribution in [-0.4, -0.2) is 5.75 Å². The Bertz CT molecular complexity index is 180. The van der Waals surface area contributed by atoms with Gasteiger partial charge < -0.3 is 0 Å². The van der Waals surface area contributed by atoms with E-state index in [1.165, 1.54) is 128 Å². The van der Waals surface area contributed by atoms with Crippen LogP contribution in [0.2, 0.25) is 0 Å². The van der Waals surface area contributed by atoms with Gasteiger partial charge in [0, 0.05) is 5.75 Å². The van der Waals surface area contributed by atoms with Crippen molar-refractivity contribution in [3.8, 4) is 0 Å². The Hall–Kier alpha value is 0.350. The second kappa shape index (κ2) is 23.4. The summed E-state index contributed by atoms with van der Waals surface area (Å²) in [5.74, 6) is 3.83. The van der Waals surface area contributed by atoms with Crippen LogP contribution in [0.25, 0.3) is 0 Å². The van der Waals surface area contributed by atoms with Crippen LogP contribution in [0.15, 0.2) is 0 Å². The van der Waals surface area contributed by atoms with Gasteiger partial charge in [0.15, 0.2) is 0 Å². The van der Waals surface area contributed by atoms with E-state index >= 15 is 0 Å². The van der Waals surface area contributed by atoms with Crippen molar-refractivity contribution < 1.29 is 0 Å². The van der Waals surface area contributed by atoms with Crippen molar-refractivity contribution in [1.29, 1.82) is 0 Å². The molecule has 0 unspecified atom stereocenters. The smallest absolute Gasteiger partial charge is 0.0166 e. The molecule has 0 saturated carbocycles. The number of rotatable bonds is 21. The van der Waals surface area contributed by atoms with Crippen LogP contribution >= 0.6 is 11.8 Å². The highest BCUT2D eigenvalue weighted by Gasteiger charge is 1.95. The van der Waals surface area contributed by atoms with Crippen molar-refractivity contribution >= 4 is 11.8 Å². The van der Waals surface area contributed by atoms with Crippen LogP contribution in [0.1, 0.15) is 136 Å². The highest BCUT2D eigenvalue weighted by atomic mass is 32.2. The lowest BCUT2D eigenvalue weighted by Crippen LogP contribution is -1.84. The Morgan fingerprint density at radius 2 is 0.833 bits per heavy atom. The minimum atomic E-state index is 1.33. The molecule has 1 heteroatoms. The minimum Gasteiger partial charge on any atom is -0.157 e. The molecule has 0 aliphatic carbocycles. The lowest BCUT2D eigenvalue weighted by atomic mass is 10.1. The van der Waals surface area contributed by atoms with Crippen LogP contribution in [-0.2, 0) is 0 Å². The van der Waals surface area contributed by atoms with Crippen molar-refractivity contribution in [2.45, 2.75) is 136 Å². The van der Waals surface area contributed by atoms with Crippen molar-refractivity contribution in [3.63, 3.8) is 0 Å². The van der Waals surface area contributed by atoms with E-state index in [4.69, 9.17) is 0 Å². The normalized spacial score (nSPS) is 11.2. The lowest BCUT2D eigenvalue weighted by Gasteiger charge is -2.03. The predicted octanol–water partition coefficient (Wildman–Crippen LogP) is 9.33. The van der Waals surface area contributed by atoms with Crippen molar-refractivity contribution in [3.05, 3.63) is 5.75 Å². The van der Waals surface area contributed by atoms with Gasteiger partial charge in [-0.3, -0.25) is 0 Å². The topological polar surface area (TPSA) is 0 Å². The fraction of sp³-hybridized carbons (Fsp3) is 0.957. The first kappa shape index (κ1) is 24.4. The predicted molar refractivity (Wildman–Crippen MR) is 116 cm³/mol. The van der Waals surface area contributed by atoms with E-state index in [9.17, 15) is 0 Å². The summed E-state index contributed by atoms with van der Waals surface area (Å²) < 4.78 is 0. The molecule has 1 radical (unpaired) electrons. The fourth-order valence-electron chi connectivity index (χ4n) is 3.20. The Balaban J connectivity index is 2.93. The van der Waals surface area contributed by atoms with E-state index < -0.39 is 0 Å². The third-order valence-corrected chi connectivity index (χ3v) is 5.90. The molecule has 0 heterocycles. The molecule has 0 saturated heterocycles. The molecule has 0 nitrogen and oxygen atoms in total. The number of hydrogen-bond acceptors (Lipinski definition) is 1. The number of hydrogen-bond donors (Lipinski definition) is 0. The quantitative estimate of drug-likeness (QED) is 0.185. The van der Waals surface area contributed by atoms with Crippen molar-refractivity contribution in [1.82, 2.24) is 0 Å². The van der Waals surface area contributed by atoms with Gasteiger partial charge >= 0.3 is 0 Å². The molecular formula is C23H47S. The van der Waals surface area contributed by atoms with E-state index in [2.05, 4.69) is 31.4 Å². The summed E-state index contributed by atoms with van der Waals surface area (Å²) >= 11 is 2.08. The summed E-state index contributed by atoms with van der Waals surface area (Å²) in [7, 11) is 0. The monoisotopic (exact) mass is 355 g/mol. The summed E-state index contributed by atoms with van der Waals surface area (Å²) in [6.07, 6.45) is 27.3. The van der Waals surface area contributed by atoms with Crippen LogP contribution < -0.4 is 0 Å². The molecule has 145 valence electrons. The molecule has 0 aromatic heterocycles. The second-order valence-corrected chi connectivity index (χ2v) is 8.56. The Morgan fingerprint density at radius 1 is 0.458 bits per heavy atom. The molecular weight excluding hydrogens is 308 g/mol. The Kier molecular flexibility index (Phi) is 23.7. The van der Waals surface area contributed by atoms with Gasteiger partial charge in [0.25, 0.3) is 0 Å². The van der Waals surface area contributed by atoms with Crippen LogP contribution in [0, 0.1) is 5.75 Å². The Labute approximate surface area is 159 Å². The standard InChI is InChI=1S/C23H47S/c1-3-5-7-9-11-13-15-17-19-21-23-24-22-20-18-16-14-12-10-8-6-4-2/h23H,3-22H2,1-2H3. The van der Waals surface area contributed by atoms with Gasteiger partial charge in [-0.1, -0.05) is 123 Å². The largest absolute Gasteiger partial charge is 0.157 e. The second-order valence-electron chi connectivity index (χ2n) is 7.48. The van der Waals surface area contributed by atoms with Crippen molar-refractivity contribution in [2.75, 3.05) is 5.75 Å². The van der Waals surface area contributed by atoms with E-state index in [-0.39, 0.29) is 0 Å². The zero-order chi connectivity index (χ0) is 17.6. The zero-order valence-electron chi connectivity index (χ0n) is 17.1. The van der Waals surface area contributed by atoms with Gasteiger partial charge in [-0.05, 0) is 18.6 Å². The summed E-state index contributed by atoms with van der Waals surface area (Å²) in [6.45, 7) is 4.59. The number of unbranched alkanes of at least 4 members (excludes halogenated alkanes) is 17. The van der Waals surface area contributed by atoms with Crippen molar-refractivity contribution in [2.24, 2.45) is 0 Å². The first-order valence-corrected chi connectivity index (χ1v) is 12.4. The molecule has 0 fully saturated rings. The maximum atomic E-state index is 2.48. The third-order valence-electron chi connectivity index (χ3n) is 4.91. The fourth-order valence-corrected chi connectivity index (χ4v) is 4.07. The summed E-state index contributed by atoms with van der Waals surface area (Å²) in [5, 5.41) is 0. The first-order valence-electron chi connectivity index (χ1n) is 11.3. The minimum absolute atomic E-state index is 1.33. The van der Waals surface area contributed by atoms with E-state index in [0.29, 0.717) is 0 Å². The highest BCUT2D eigenvalue weighted by Crippen LogP contribution is 2.17. The van der Waals surface area contributed by atoms with Crippen LogP contribution in [0.5, 0.6) is 0 Å². The molecule has 0 aromatic rings. The highest BCUT2D eigenvalue weighted by molar-refractivity contribution is 8.01. The maximum absolute atomic E-state index is 2.48. The van der Waals surface area contributed by atoms with Crippen LogP contribution in [0.3, 0.4) is 0 Å². The first-order chi connectivity index (χ1) is 11.9. The van der Waals surface area contributed by atoms with Gasteiger partial charge in [-0.15, -0.1) is 0 Å². The zero-order valence-corrected chi connectivity index (χ0v) is 17.9. The van der Waals surface area contributed by atoms with E-state index in [0.717, 1.165) is 0 Å². The average molecular weight is 356 g/mol. The molecule has 0 bridgehead atoms. The SMILES string of the molecule is CCCCCCCCCCC[CH]SCCCCCCCCCCC. The molecule has 24 heavy (non-hydrogen) atoms. The summed E-state index contributed by atoms with van der Waals surface area (Å²) in [6, 6.07) is 0. The molecule has 0 aromatic carbocycles. The van der Waals surface area contributed by atoms with Gasteiger partial charge in [0.2, 0.25) is 0 Å². The van der Waals surface area contributed by atoms with Gasteiger partial charge in [0.1, 0.15) is 0 Å². The Morgan fingerprint density at radius 3 is 1.29 bits per heavy atom. The van der Waals surface area contributed by atoms with E-state index in [1.807, 2.05) is 0 Å². The van der Waals surface area contributed by atoms with Gasteiger partial charge in [-0.2, -0.15) is 11.8 Å². The maximum Gasteiger partial charge on any atom is 0.0166 e. The molecule has 0 amide bonds. The summed E-state index contributed by atoms with van der Waals surface area (Å²) in [5.41, 5.74) is 0.